The van der Waals surface area contributed by atoms with Gasteiger partial charge in [-0.1, -0.05) is 33.1 Å². The zero-order chi connectivity index (χ0) is 10.6. The molecule has 1 fully saturated rings. The second kappa shape index (κ2) is 5.38. The fraction of sp³-hybridized carbons (Fsp3) is 0.917. The van der Waals surface area contributed by atoms with Crippen molar-refractivity contribution in [3.05, 3.63) is 0 Å². The Morgan fingerprint density at radius 2 is 1.71 bits per heavy atom. The molecule has 14 heavy (non-hydrogen) atoms. The fourth-order valence-corrected chi connectivity index (χ4v) is 1.87. The first-order chi connectivity index (χ1) is 6.61. The van der Waals surface area contributed by atoms with E-state index in [1.165, 1.54) is 19.3 Å². The lowest BCUT2D eigenvalue weighted by Crippen LogP contribution is -2.40. The van der Waals surface area contributed by atoms with Gasteiger partial charge in [0.15, 0.2) is 0 Å². The Kier molecular flexibility index (Phi) is 4.43. The minimum Gasteiger partial charge on any atom is -0.353 e. The van der Waals surface area contributed by atoms with Crippen LogP contribution in [0, 0.1) is 11.8 Å². The summed E-state index contributed by atoms with van der Waals surface area (Å²) in [6, 6.07) is 0.310. The highest BCUT2D eigenvalue weighted by Gasteiger charge is 2.22. The Morgan fingerprint density at radius 1 is 1.14 bits per heavy atom. The predicted molar refractivity (Wildman–Crippen MR) is 59.0 cm³/mol. The number of carbonyl (C=O) groups is 1. The van der Waals surface area contributed by atoms with Gasteiger partial charge < -0.3 is 5.32 Å². The molecule has 1 aliphatic rings. The van der Waals surface area contributed by atoms with Gasteiger partial charge in [0.2, 0.25) is 5.91 Å². The van der Waals surface area contributed by atoms with E-state index in [0.717, 1.165) is 12.8 Å². The van der Waals surface area contributed by atoms with Gasteiger partial charge >= 0.3 is 0 Å². The number of amides is 1. The maximum atomic E-state index is 11.8. The Balaban J connectivity index is 2.33. The number of carbonyl (C=O) groups excluding carboxylic acids is 1. The standard InChI is InChI=1S/C12H23NO/c1-9(2)10(3)13-12(14)11-7-5-4-6-8-11/h9-11H,4-8H2,1-3H3,(H,13,14)/t10-/m0/s1. The van der Waals surface area contributed by atoms with Gasteiger partial charge in [-0.05, 0) is 25.7 Å². The van der Waals surface area contributed by atoms with Crippen LogP contribution in [0.3, 0.4) is 0 Å². The molecule has 1 rings (SSSR count). The van der Waals surface area contributed by atoms with Crippen molar-refractivity contribution >= 4 is 5.91 Å². The molecule has 0 aromatic rings. The average molecular weight is 197 g/mol. The number of hydrogen-bond acceptors (Lipinski definition) is 1. The minimum atomic E-state index is 0.283. The highest BCUT2D eigenvalue weighted by Crippen LogP contribution is 2.23. The first-order valence-corrected chi connectivity index (χ1v) is 5.91. The molecule has 0 aromatic heterocycles. The largest absolute Gasteiger partial charge is 0.353 e. The first kappa shape index (κ1) is 11.5. The summed E-state index contributed by atoms with van der Waals surface area (Å²) in [6.45, 7) is 6.38. The molecule has 82 valence electrons. The highest BCUT2D eigenvalue weighted by molar-refractivity contribution is 5.78. The Bertz CT molecular complexity index is 183. The number of nitrogens with one attached hydrogen (secondary N) is 1. The van der Waals surface area contributed by atoms with E-state index in [1.54, 1.807) is 0 Å². The van der Waals surface area contributed by atoms with Crippen LogP contribution in [0.1, 0.15) is 52.9 Å². The molecule has 1 N–H and O–H groups in total. The van der Waals surface area contributed by atoms with Crippen LogP contribution in [0.5, 0.6) is 0 Å². The molecule has 0 aromatic carbocycles. The van der Waals surface area contributed by atoms with Crippen LogP contribution in [0.4, 0.5) is 0 Å². The van der Waals surface area contributed by atoms with Crippen LogP contribution in [0.25, 0.3) is 0 Å². The summed E-state index contributed by atoms with van der Waals surface area (Å²) < 4.78 is 0. The van der Waals surface area contributed by atoms with Gasteiger partial charge in [0.05, 0.1) is 0 Å². The van der Waals surface area contributed by atoms with Crippen LogP contribution >= 0.6 is 0 Å². The molecule has 0 spiro atoms. The molecule has 2 heteroatoms. The quantitative estimate of drug-likeness (QED) is 0.740. The molecular weight excluding hydrogens is 174 g/mol. The van der Waals surface area contributed by atoms with Crippen LogP contribution in [-0.2, 0) is 4.79 Å². The smallest absolute Gasteiger partial charge is 0.223 e. The maximum Gasteiger partial charge on any atom is 0.223 e. The third-order valence-electron chi connectivity index (χ3n) is 3.35. The Morgan fingerprint density at radius 3 is 2.21 bits per heavy atom. The monoisotopic (exact) mass is 197 g/mol. The summed E-state index contributed by atoms with van der Waals surface area (Å²) in [7, 11) is 0. The molecule has 1 atom stereocenters. The van der Waals surface area contributed by atoms with E-state index >= 15 is 0 Å². The van der Waals surface area contributed by atoms with Gasteiger partial charge in [-0.25, -0.2) is 0 Å². The van der Waals surface area contributed by atoms with E-state index < -0.39 is 0 Å². The van der Waals surface area contributed by atoms with Crippen LogP contribution in [0.15, 0.2) is 0 Å². The third-order valence-corrected chi connectivity index (χ3v) is 3.35. The van der Waals surface area contributed by atoms with Crippen molar-refractivity contribution in [1.29, 1.82) is 0 Å². The molecule has 1 amide bonds. The van der Waals surface area contributed by atoms with Crippen molar-refractivity contribution in [2.24, 2.45) is 11.8 Å². The molecule has 0 saturated heterocycles. The van der Waals surface area contributed by atoms with Gasteiger partial charge in [0, 0.05) is 12.0 Å². The highest BCUT2D eigenvalue weighted by atomic mass is 16.1. The van der Waals surface area contributed by atoms with Crippen molar-refractivity contribution in [3.8, 4) is 0 Å². The lowest BCUT2D eigenvalue weighted by Gasteiger charge is -2.24. The van der Waals surface area contributed by atoms with Crippen molar-refractivity contribution in [2.75, 3.05) is 0 Å². The summed E-state index contributed by atoms with van der Waals surface area (Å²) in [5.41, 5.74) is 0. The molecule has 2 nitrogen and oxygen atoms in total. The lowest BCUT2D eigenvalue weighted by atomic mass is 9.88. The average Bonchev–Trinajstić information content (AvgIpc) is 2.19. The zero-order valence-corrected chi connectivity index (χ0v) is 9.68. The van der Waals surface area contributed by atoms with Crippen molar-refractivity contribution in [2.45, 2.75) is 58.9 Å². The van der Waals surface area contributed by atoms with Crippen LogP contribution in [-0.4, -0.2) is 11.9 Å². The number of rotatable bonds is 3. The summed E-state index contributed by atoms with van der Waals surface area (Å²) >= 11 is 0. The summed E-state index contributed by atoms with van der Waals surface area (Å²) in [4.78, 5) is 11.8. The SMILES string of the molecule is CC(C)[C@H](C)NC(=O)C1CCCCC1. The lowest BCUT2D eigenvalue weighted by molar-refractivity contribution is -0.126. The van der Waals surface area contributed by atoms with Gasteiger partial charge in [-0.15, -0.1) is 0 Å². The minimum absolute atomic E-state index is 0.283. The van der Waals surface area contributed by atoms with Gasteiger partial charge in [-0.3, -0.25) is 4.79 Å². The predicted octanol–water partition coefficient (Wildman–Crippen LogP) is 2.73. The molecule has 0 radical (unpaired) electrons. The van der Waals surface area contributed by atoms with Crippen molar-refractivity contribution in [3.63, 3.8) is 0 Å². The molecular formula is C12H23NO. The van der Waals surface area contributed by atoms with Crippen LogP contribution in [0.2, 0.25) is 0 Å². The third kappa shape index (κ3) is 3.32. The molecule has 0 unspecified atom stereocenters. The van der Waals surface area contributed by atoms with Gasteiger partial charge in [-0.2, -0.15) is 0 Å². The van der Waals surface area contributed by atoms with E-state index in [9.17, 15) is 4.79 Å². The normalized spacial score (nSPS) is 20.9. The second-order valence-corrected chi connectivity index (χ2v) is 4.88. The maximum absolute atomic E-state index is 11.8. The van der Waals surface area contributed by atoms with Crippen molar-refractivity contribution in [1.82, 2.24) is 5.32 Å². The molecule has 0 bridgehead atoms. The fourth-order valence-electron chi connectivity index (χ4n) is 1.87. The summed E-state index contributed by atoms with van der Waals surface area (Å²) in [5.74, 6) is 1.11. The topological polar surface area (TPSA) is 29.1 Å². The first-order valence-electron chi connectivity index (χ1n) is 5.91. The Hall–Kier alpha value is -0.530. The summed E-state index contributed by atoms with van der Waals surface area (Å²) in [6.07, 6.45) is 5.96. The molecule has 1 aliphatic carbocycles. The van der Waals surface area contributed by atoms with E-state index in [4.69, 9.17) is 0 Å². The van der Waals surface area contributed by atoms with Crippen molar-refractivity contribution < 1.29 is 4.79 Å². The van der Waals surface area contributed by atoms with Gasteiger partial charge in [0.1, 0.15) is 0 Å². The number of hydrogen-bond donors (Lipinski definition) is 1. The van der Waals surface area contributed by atoms with E-state index in [2.05, 4.69) is 26.1 Å². The Labute approximate surface area is 87.5 Å². The second-order valence-electron chi connectivity index (χ2n) is 4.88. The van der Waals surface area contributed by atoms with Crippen LogP contribution < -0.4 is 5.32 Å². The molecule has 0 aliphatic heterocycles. The molecule has 1 saturated carbocycles. The van der Waals surface area contributed by atoms with E-state index in [-0.39, 0.29) is 5.91 Å². The van der Waals surface area contributed by atoms with E-state index in [1.807, 2.05) is 0 Å². The van der Waals surface area contributed by atoms with Gasteiger partial charge in [0.25, 0.3) is 0 Å². The molecule has 0 heterocycles. The van der Waals surface area contributed by atoms with E-state index in [0.29, 0.717) is 17.9 Å². The summed E-state index contributed by atoms with van der Waals surface area (Å²) in [5, 5.41) is 3.11. The zero-order valence-electron chi connectivity index (χ0n) is 9.68.